The van der Waals surface area contributed by atoms with Crippen LogP contribution >= 0.6 is 0 Å². The van der Waals surface area contributed by atoms with Gasteiger partial charge in [-0.2, -0.15) is 0 Å². The highest BCUT2D eigenvalue weighted by Gasteiger charge is 2.29. The number of hydrogen-bond donors (Lipinski definition) is 0. The molecule has 1 saturated heterocycles. The van der Waals surface area contributed by atoms with E-state index in [-0.39, 0.29) is 11.9 Å². The minimum Gasteiger partial charge on any atom is -0.495 e. The molecule has 3 aromatic rings. The average Bonchev–Trinajstić information content (AvgIpc) is 3.07. The molecule has 0 radical (unpaired) electrons. The molecule has 3 heterocycles. The Labute approximate surface area is 157 Å². The Kier molecular flexibility index (Phi) is 4.39. The van der Waals surface area contributed by atoms with Crippen LogP contribution in [0.15, 0.2) is 36.5 Å². The fourth-order valence-electron chi connectivity index (χ4n) is 3.58. The van der Waals surface area contributed by atoms with Gasteiger partial charge < -0.3 is 14.5 Å². The van der Waals surface area contributed by atoms with Crippen LogP contribution in [-0.2, 0) is 7.05 Å². The zero-order chi connectivity index (χ0) is 19.0. The third-order valence-corrected chi connectivity index (χ3v) is 5.00. The van der Waals surface area contributed by atoms with E-state index < -0.39 is 0 Å². The average molecular weight is 366 g/mol. The van der Waals surface area contributed by atoms with E-state index in [1.165, 1.54) is 0 Å². The lowest BCUT2D eigenvalue weighted by molar-refractivity contribution is 0.0673. The fraction of sp³-hybridized carbons (Fsp3) is 0.368. The summed E-state index contributed by atoms with van der Waals surface area (Å²) in [6, 6.07) is 9.79. The summed E-state index contributed by atoms with van der Waals surface area (Å²) in [4.78, 5) is 21.5. The third kappa shape index (κ3) is 3.07. The van der Waals surface area contributed by atoms with Crippen molar-refractivity contribution in [1.29, 1.82) is 0 Å². The van der Waals surface area contributed by atoms with Gasteiger partial charge in [0.25, 0.3) is 5.91 Å². The number of piperazine rings is 1. The molecule has 140 valence electrons. The number of carbonyl (C=O) groups excluding carboxylic acids is 1. The molecular weight excluding hydrogens is 344 g/mol. The highest BCUT2D eigenvalue weighted by atomic mass is 16.5. The second kappa shape index (κ2) is 6.86. The normalized spacial score (nSPS) is 17.4. The summed E-state index contributed by atoms with van der Waals surface area (Å²) < 4.78 is 7.07. The van der Waals surface area contributed by atoms with Crippen molar-refractivity contribution in [2.24, 2.45) is 7.05 Å². The fourth-order valence-corrected chi connectivity index (χ4v) is 3.58. The van der Waals surface area contributed by atoms with Gasteiger partial charge in [0.2, 0.25) is 0 Å². The lowest BCUT2D eigenvalue weighted by atomic mass is 10.1. The van der Waals surface area contributed by atoms with Crippen LogP contribution in [0.4, 0.5) is 5.69 Å². The number of benzene rings is 1. The summed E-state index contributed by atoms with van der Waals surface area (Å²) in [5, 5.41) is 8.00. The van der Waals surface area contributed by atoms with E-state index in [0.29, 0.717) is 23.3 Å². The predicted molar refractivity (Wildman–Crippen MR) is 102 cm³/mol. The Balaban J connectivity index is 1.52. The van der Waals surface area contributed by atoms with Crippen molar-refractivity contribution < 1.29 is 9.53 Å². The number of fused-ring (bicyclic) bond motifs is 1. The molecule has 0 bridgehead atoms. The molecule has 4 rings (SSSR count). The molecule has 1 amide bonds. The molecule has 1 aliphatic heterocycles. The van der Waals surface area contributed by atoms with Crippen molar-refractivity contribution in [3.8, 4) is 5.75 Å². The van der Waals surface area contributed by atoms with Gasteiger partial charge >= 0.3 is 0 Å². The molecule has 0 N–H and O–H groups in total. The SMILES string of the molecule is COc1ccccc1N1CCN(C(=O)c2cnc3c(c2)nnn3C)[C@H](C)C1. The third-order valence-electron chi connectivity index (χ3n) is 5.00. The minimum absolute atomic E-state index is 0.0257. The van der Waals surface area contributed by atoms with Crippen molar-refractivity contribution in [3.05, 3.63) is 42.1 Å². The number of ether oxygens (including phenoxy) is 1. The van der Waals surface area contributed by atoms with E-state index in [1.54, 1.807) is 31.1 Å². The number of methoxy groups -OCH3 is 1. The summed E-state index contributed by atoms with van der Waals surface area (Å²) in [7, 11) is 3.46. The Morgan fingerprint density at radius 3 is 2.85 bits per heavy atom. The summed E-state index contributed by atoms with van der Waals surface area (Å²) >= 11 is 0. The van der Waals surface area contributed by atoms with Gasteiger partial charge in [-0.05, 0) is 25.1 Å². The number of aromatic nitrogens is 4. The molecular formula is C19H22N6O2. The van der Waals surface area contributed by atoms with E-state index in [2.05, 4.69) is 33.2 Å². The van der Waals surface area contributed by atoms with Gasteiger partial charge in [-0.3, -0.25) is 4.79 Å². The first-order valence-electron chi connectivity index (χ1n) is 8.93. The van der Waals surface area contributed by atoms with E-state index >= 15 is 0 Å². The molecule has 0 saturated carbocycles. The van der Waals surface area contributed by atoms with Gasteiger partial charge in [0.15, 0.2) is 5.65 Å². The Morgan fingerprint density at radius 2 is 2.07 bits per heavy atom. The number of hydrogen-bond acceptors (Lipinski definition) is 6. The zero-order valence-electron chi connectivity index (χ0n) is 15.7. The summed E-state index contributed by atoms with van der Waals surface area (Å²) in [6.45, 7) is 4.19. The Hall–Kier alpha value is -3.16. The largest absolute Gasteiger partial charge is 0.495 e. The molecule has 27 heavy (non-hydrogen) atoms. The summed E-state index contributed by atoms with van der Waals surface area (Å²) in [5.41, 5.74) is 2.89. The first kappa shape index (κ1) is 17.3. The van der Waals surface area contributed by atoms with Gasteiger partial charge in [-0.15, -0.1) is 5.10 Å². The van der Waals surface area contributed by atoms with Crippen LogP contribution < -0.4 is 9.64 Å². The van der Waals surface area contributed by atoms with Crippen molar-refractivity contribution >= 4 is 22.8 Å². The number of aryl methyl sites for hydroxylation is 1. The molecule has 1 atom stereocenters. The highest BCUT2D eigenvalue weighted by Crippen LogP contribution is 2.29. The molecule has 1 aromatic carbocycles. The second-order valence-electron chi connectivity index (χ2n) is 6.75. The molecule has 8 heteroatoms. The maximum atomic E-state index is 13.0. The number of rotatable bonds is 3. The van der Waals surface area contributed by atoms with Gasteiger partial charge in [-0.25, -0.2) is 9.67 Å². The molecule has 2 aromatic heterocycles. The quantitative estimate of drug-likeness (QED) is 0.703. The molecule has 0 aliphatic carbocycles. The van der Waals surface area contributed by atoms with Crippen LogP contribution in [0, 0.1) is 0 Å². The van der Waals surface area contributed by atoms with Crippen molar-refractivity contribution in [1.82, 2.24) is 24.9 Å². The van der Waals surface area contributed by atoms with E-state index in [1.807, 2.05) is 23.1 Å². The number of pyridine rings is 1. The summed E-state index contributed by atoms with van der Waals surface area (Å²) in [5.74, 6) is 0.823. The number of para-hydroxylation sites is 2. The lowest BCUT2D eigenvalue weighted by Gasteiger charge is -2.41. The topological polar surface area (TPSA) is 76.4 Å². The maximum absolute atomic E-state index is 13.0. The first-order valence-corrected chi connectivity index (χ1v) is 8.93. The van der Waals surface area contributed by atoms with Gasteiger partial charge in [0, 0.05) is 38.9 Å². The van der Waals surface area contributed by atoms with Crippen LogP contribution in [-0.4, -0.2) is 63.6 Å². The minimum atomic E-state index is -0.0257. The van der Waals surface area contributed by atoms with Crippen LogP contribution in [0.3, 0.4) is 0 Å². The first-order chi connectivity index (χ1) is 13.1. The molecule has 0 spiro atoms. The maximum Gasteiger partial charge on any atom is 0.255 e. The van der Waals surface area contributed by atoms with E-state index in [0.717, 1.165) is 24.5 Å². The molecule has 8 nitrogen and oxygen atoms in total. The van der Waals surface area contributed by atoms with Crippen molar-refractivity contribution in [2.45, 2.75) is 13.0 Å². The van der Waals surface area contributed by atoms with Crippen LogP contribution in [0.2, 0.25) is 0 Å². The van der Waals surface area contributed by atoms with Gasteiger partial charge in [0.05, 0.1) is 18.4 Å². The van der Waals surface area contributed by atoms with E-state index in [9.17, 15) is 4.79 Å². The lowest BCUT2D eigenvalue weighted by Crippen LogP contribution is -2.54. The number of carbonyl (C=O) groups is 1. The van der Waals surface area contributed by atoms with Crippen LogP contribution in [0.1, 0.15) is 17.3 Å². The number of amides is 1. The van der Waals surface area contributed by atoms with Gasteiger partial charge in [-0.1, -0.05) is 17.3 Å². The standard InChI is InChI=1S/C19H22N6O2/c1-13-12-24(16-6-4-5-7-17(16)27-3)8-9-25(13)19(26)14-10-15-18(20-11-14)23(2)22-21-15/h4-7,10-11,13H,8-9,12H2,1-3H3/t13-/m1/s1. The van der Waals surface area contributed by atoms with Crippen molar-refractivity contribution in [2.75, 3.05) is 31.6 Å². The Morgan fingerprint density at radius 1 is 1.26 bits per heavy atom. The highest BCUT2D eigenvalue weighted by molar-refractivity contribution is 5.96. The van der Waals surface area contributed by atoms with Crippen LogP contribution in [0.5, 0.6) is 5.75 Å². The smallest absolute Gasteiger partial charge is 0.255 e. The van der Waals surface area contributed by atoms with Crippen molar-refractivity contribution in [3.63, 3.8) is 0 Å². The number of nitrogens with zero attached hydrogens (tertiary/aromatic N) is 6. The second-order valence-corrected chi connectivity index (χ2v) is 6.75. The summed E-state index contributed by atoms with van der Waals surface area (Å²) in [6.07, 6.45) is 1.60. The predicted octanol–water partition coefficient (Wildman–Crippen LogP) is 1.72. The molecule has 1 aliphatic rings. The number of anilines is 1. The molecule has 0 unspecified atom stereocenters. The molecule has 1 fully saturated rings. The Bertz CT molecular complexity index is 985. The van der Waals surface area contributed by atoms with E-state index in [4.69, 9.17) is 4.74 Å². The zero-order valence-corrected chi connectivity index (χ0v) is 15.7. The monoisotopic (exact) mass is 366 g/mol. The van der Waals surface area contributed by atoms with Gasteiger partial charge in [0.1, 0.15) is 11.3 Å². The van der Waals surface area contributed by atoms with Crippen LogP contribution in [0.25, 0.3) is 11.2 Å².